The highest BCUT2D eigenvalue weighted by molar-refractivity contribution is 5.37. The first kappa shape index (κ1) is 11.3. The molecule has 1 aliphatic rings. The summed E-state index contributed by atoms with van der Waals surface area (Å²) in [4.78, 5) is 10.1. The van der Waals surface area contributed by atoms with Gasteiger partial charge in [0.25, 0.3) is 6.47 Å². The Morgan fingerprint density at radius 3 is 2.57 bits per heavy atom. The van der Waals surface area contributed by atoms with E-state index >= 15 is 0 Å². The fourth-order valence-corrected chi connectivity index (χ4v) is 2.46. The van der Waals surface area contributed by atoms with E-state index in [0.717, 1.165) is 6.42 Å². The first-order chi connectivity index (χ1) is 6.47. The van der Waals surface area contributed by atoms with Crippen LogP contribution in [0.1, 0.15) is 34.1 Å². The monoisotopic (exact) mass is 196 g/mol. The van der Waals surface area contributed by atoms with Gasteiger partial charge in [0, 0.05) is 5.92 Å². The van der Waals surface area contributed by atoms with Gasteiger partial charge in [-0.05, 0) is 31.6 Å². The Balaban J connectivity index is 2.56. The van der Waals surface area contributed by atoms with E-state index in [2.05, 4.69) is 33.8 Å². The maximum Gasteiger partial charge on any atom is 0.293 e. The molecule has 0 aromatic rings. The molecule has 1 saturated carbocycles. The molecule has 2 nitrogen and oxygen atoms in total. The summed E-state index contributed by atoms with van der Waals surface area (Å²) in [5, 5.41) is 0. The van der Waals surface area contributed by atoms with E-state index in [9.17, 15) is 4.79 Å². The lowest BCUT2D eigenvalue weighted by molar-refractivity contribution is -0.134. The van der Waals surface area contributed by atoms with E-state index in [1.165, 1.54) is 5.57 Å². The molecular weight excluding hydrogens is 176 g/mol. The summed E-state index contributed by atoms with van der Waals surface area (Å²) in [6.45, 7) is 9.90. The van der Waals surface area contributed by atoms with Crippen molar-refractivity contribution >= 4 is 6.47 Å². The number of allylic oxidation sites excluding steroid dienone is 2. The summed E-state index contributed by atoms with van der Waals surface area (Å²) in [5.74, 6) is 1.08. The van der Waals surface area contributed by atoms with Crippen molar-refractivity contribution in [2.75, 3.05) is 6.61 Å². The lowest BCUT2D eigenvalue weighted by Crippen LogP contribution is -2.45. The van der Waals surface area contributed by atoms with Gasteiger partial charge in [0.15, 0.2) is 0 Å². The SMILES string of the molecule is CC(C)=CC1C(COC=O)CC1(C)C. The van der Waals surface area contributed by atoms with Crippen LogP contribution in [0.5, 0.6) is 0 Å². The van der Waals surface area contributed by atoms with Crippen molar-refractivity contribution in [3.05, 3.63) is 11.6 Å². The van der Waals surface area contributed by atoms with Gasteiger partial charge < -0.3 is 4.74 Å². The van der Waals surface area contributed by atoms with E-state index in [-0.39, 0.29) is 0 Å². The zero-order chi connectivity index (χ0) is 10.8. The second kappa shape index (κ2) is 4.16. The van der Waals surface area contributed by atoms with Crippen LogP contribution in [0.15, 0.2) is 11.6 Å². The van der Waals surface area contributed by atoms with Crippen molar-refractivity contribution in [2.45, 2.75) is 34.1 Å². The first-order valence-electron chi connectivity index (χ1n) is 5.17. The van der Waals surface area contributed by atoms with Crippen LogP contribution in [0.2, 0.25) is 0 Å². The van der Waals surface area contributed by atoms with E-state index in [4.69, 9.17) is 4.74 Å². The Hall–Kier alpha value is -0.790. The fraction of sp³-hybridized carbons (Fsp3) is 0.750. The minimum absolute atomic E-state index is 0.369. The maximum absolute atomic E-state index is 10.1. The molecule has 0 saturated heterocycles. The molecule has 0 spiro atoms. The Labute approximate surface area is 86.3 Å². The van der Waals surface area contributed by atoms with E-state index in [0.29, 0.717) is 30.3 Å². The average molecular weight is 196 g/mol. The molecule has 1 rings (SSSR count). The van der Waals surface area contributed by atoms with Gasteiger partial charge in [-0.1, -0.05) is 25.5 Å². The van der Waals surface area contributed by atoms with Gasteiger partial charge in [-0.15, -0.1) is 0 Å². The highest BCUT2D eigenvalue weighted by Gasteiger charge is 2.45. The fourth-order valence-electron chi connectivity index (χ4n) is 2.46. The molecule has 0 heterocycles. The molecule has 1 aliphatic carbocycles. The number of hydrogen-bond donors (Lipinski definition) is 0. The molecule has 1 fully saturated rings. The Bertz CT molecular complexity index is 237. The molecule has 2 heteroatoms. The minimum atomic E-state index is 0.369. The molecule has 14 heavy (non-hydrogen) atoms. The third-order valence-electron chi connectivity index (χ3n) is 3.09. The van der Waals surface area contributed by atoms with Gasteiger partial charge in [0.1, 0.15) is 0 Å². The van der Waals surface area contributed by atoms with E-state index < -0.39 is 0 Å². The van der Waals surface area contributed by atoms with Gasteiger partial charge >= 0.3 is 0 Å². The van der Waals surface area contributed by atoms with E-state index in [1.54, 1.807) is 0 Å². The van der Waals surface area contributed by atoms with Crippen molar-refractivity contribution in [2.24, 2.45) is 17.3 Å². The zero-order valence-electron chi connectivity index (χ0n) is 9.54. The van der Waals surface area contributed by atoms with E-state index in [1.807, 2.05) is 0 Å². The summed E-state index contributed by atoms with van der Waals surface area (Å²) in [6.07, 6.45) is 3.46. The first-order valence-corrected chi connectivity index (χ1v) is 5.17. The Morgan fingerprint density at radius 2 is 2.14 bits per heavy atom. The zero-order valence-corrected chi connectivity index (χ0v) is 9.54. The summed E-state index contributed by atoms with van der Waals surface area (Å²) in [6, 6.07) is 0. The lowest BCUT2D eigenvalue weighted by atomic mass is 9.55. The molecule has 80 valence electrons. The molecule has 0 N–H and O–H groups in total. The molecule has 0 bridgehead atoms. The van der Waals surface area contributed by atoms with Crippen LogP contribution >= 0.6 is 0 Å². The number of ether oxygens (including phenoxy) is 1. The predicted octanol–water partition coefficient (Wildman–Crippen LogP) is 2.79. The van der Waals surface area contributed by atoms with Crippen molar-refractivity contribution in [3.8, 4) is 0 Å². The topological polar surface area (TPSA) is 26.3 Å². The molecular formula is C12H20O2. The summed E-state index contributed by atoms with van der Waals surface area (Å²) < 4.78 is 4.83. The molecule has 0 aliphatic heterocycles. The quantitative estimate of drug-likeness (QED) is 0.510. The largest absolute Gasteiger partial charge is 0.468 e. The van der Waals surface area contributed by atoms with Crippen molar-refractivity contribution < 1.29 is 9.53 Å². The molecule has 0 aromatic carbocycles. The summed E-state index contributed by atoms with van der Waals surface area (Å²) >= 11 is 0. The average Bonchev–Trinajstić information content (AvgIpc) is 2.08. The van der Waals surface area contributed by atoms with Crippen LogP contribution in [0.25, 0.3) is 0 Å². The molecule has 0 radical (unpaired) electrons. The summed E-state index contributed by atoms with van der Waals surface area (Å²) in [5.41, 5.74) is 1.72. The van der Waals surface area contributed by atoms with Crippen LogP contribution in [0.3, 0.4) is 0 Å². The summed E-state index contributed by atoms with van der Waals surface area (Å²) in [7, 11) is 0. The molecule has 2 atom stereocenters. The molecule has 0 aromatic heterocycles. The van der Waals surface area contributed by atoms with Crippen LogP contribution in [-0.4, -0.2) is 13.1 Å². The normalized spacial score (nSPS) is 28.9. The maximum atomic E-state index is 10.1. The van der Waals surface area contributed by atoms with Crippen LogP contribution in [-0.2, 0) is 9.53 Å². The second-order valence-corrected chi connectivity index (χ2v) is 5.15. The van der Waals surface area contributed by atoms with Crippen LogP contribution < -0.4 is 0 Å². The number of hydrogen-bond acceptors (Lipinski definition) is 2. The Kier molecular flexibility index (Phi) is 3.35. The molecule has 2 unspecified atom stereocenters. The number of carbonyl (C=O) groups is 1. The highest BCUT2D eigenvalue weighted by Crippen LogP contribution is 2.51. The smallest absolute Gasteiger partial charge is 0.293 e. The lowest BCUT2D eigenvalue weighted by Gasteiger charge is -2.50. The van der Waals surface area contributed by atoms with Gasteiger partial charge in [0.2, 0.25) is 0 Å². The number of rotatable bonds is 4. The Morgan fingerprint density at radius 1 is 1.50 bits per heavy atom. The third kappa shape index (κ3) is 2.37. The van der Waals surface area contributed by atoms with Crippen LogP contribution in [0.4, 0.5) is 0 Å². The van der Waals surface area contributed by atoms with Gasteiger partial charge in [-0.3, -0.25) is 4.79 Å². The van der Waals surface area contributed by atoms with Gasteiger partial charge in [-0.25, -0.2) is 0 Å². The number of carbonyl (C=O) groups excluding carboxylic acids is 1. The molecule has 0 amide bonds. The van der Waals surface area contributed by atoms with Crippen molar-refractivity contribution in [3.63, 3.8) is 0 Å². The van der Waals surface area contributed by atoms with Crippen molar-refractivity contribution in [1.82, 2.24) is 0 Å². The minimum Gasteiger partial charge on any atom is -0.468 e. The van der Waals surface area contributed by atoms with Gasteiger partial charge in [-0.2, -0.15) is 0 Å². The standard InChI is InChI=1S/C12H20O2/c1-9(2)5-11-10(7-14-8-13)6-12(11,3)4/h5,8,10-11H,6-7H2,1-4H3. The highest BCUT2D eigenvalue weighted by atomic mass is 16.5. The van der Waals surface area contributed by atoms with Crippen molar-refractivity contribution in [1.29, 1.82) is 0 Å². The van der Waals surface area contributed by atoms with Crippen LogP contribution in [0, 0.1) is 17.3 Å². The predicted molar refractivity (Wildman–Crippen MR) is 56.8 cm³/mol. The van der Waals surface area contributed by atoms with Gasteiger partial charge in [0.05, 0.1) is 6.61 Å². The third-order valence-corrected chi connectivity index (χ3v) is 3.09. The second-order valence-electron chi connectivity index (χ2n) is 5.15.